The van der Waals surface area contributed by atoms with Crippen molar-refractivity contribution in [2.24, 2.45) is 0 Å². The Balaban J connectivity index is 1.65. The highest BCUT2D eigenvalue weighted by Crippen LogP contribution is 2.34. The van der Waals surface area contributed by atoms with Gasteiger partial charge in [0.25, 0.3) is 0 Å². The Morgan fingerprint density at radius 1 is 1.18 bits per heavy atom. The van der Waals surface area contributed by atoms with Crippen LogP contribution >= 0.6 is 0 Å². The lowest BCUT2D eigenvalue weighted by atomic mass is 9.94. The van der Waals surface area contributed by atoms with E-state index in [0.29, 0.717) is 13.0 Å². The first-order valence-electron chi connectivity index (χ1n) is 7.82. The van der Waals surface area contributed by atoms with Gasteiger partial charge in [-0.1, -0.05) is 6.07 Å². The van der Waals surface area contributed by atoms with Gasteiger partial charge in [-0.2, -0.15) is 0 Å². The molecule has 3 nitrogen and oxygen atoms in total. The molecule has 2 aliphatic heterocycles. The maximum Gasteiger partial charge on any atom is 0.159 e. The summed E-state index contributed by atoms with van der Waals surface area (Å²) < 4.78 is 38.1. The predicted octanol–water partition coefficient (Wildman–Crippen LogP) is 2.78. The molecule has 5 heteroatoms. The van der Waals surface area contributed by atoms with Crippen LogP contribution in [-0.4, -0.2) is 49.0 Å². The van der Waals surface area contributed by atoms with Gasteiger partial charge in [0.1, 0.15) is 5.60 Å². The van der Waals surface area contributed by atoms with Crippen molar-refractivity contribution in [2.75, 3.05) is 32.8 Å². The van der Waals surface area contributed by atoms with Gasteiger partial charge in [-0.3, -0.25) is 4.90 Å². The molecule has 0 N–H and O–H groups in total. The summed E-state index contributed by atoms with van der Waals surface area (Å²) >= 11 is 0. The Morgan fingerprint density at radius 3 is 2.68 bits per heavy atom. The summed E-state index contributed by atoms with van der Waals surface area (Å²) in [6.45, 7) is 8.04. The van der Waals surface area contributed by atoms with Gasteiger partial charge in [0, 0.05) is 32.7 Å². The van der Waals surface area contributed by atoms with E-state index in [1.807, 2.05) is 0 Å². The molecule has 1 atom stereocenters. The number of rotatable bonds is 3. The highest BCUT2D eigenvalue weighted by Gasteiger charge is 2.46. The van der Waals surface area contributed by atoms with Crippen molar-refractivity contribution in [1.82, 2.24) is 4.90 Å². The number of nitrogens with zero attached hydrogens (tertiary/aromatic N) is 1. The fourth-order valence-corrected chi connectivity index (χ4v) is 3.59. The molecular formula is C17H23F2NO2. The minimum atomic E-state index is -0.793. The Kier molecular flexibility index (Phi) is 4.23. The third kappa shape index (κ3) is 3.47. The van der Waals surface area contributed by atoms with Crippen LogP contribution in [0.1, 0.15) is 25.8 Å². The summed E-state index contributed by atoms with van der Waals surface area (Å²) in [7, 11) is 0. The molecule has 122 valence electrons. The number of halogens is 2. The van der Waals surface area contributed by atoms with Crippen molar-refractivity contribution in [3.63, 3.8) is 0 Å². The number of benzene rings is 1. The molecule has 0 unspecified atom stereocenters. The molecule has 0 aromatic heterocycles. The molecule has 2 saturated heterocycles. The monoisotopic (exact) mass is 311 g/mol. The molecule has 2 fully saturated rings. The summed E-state index contributed by atoms with van der Waals surface area (Å²) in [5.74, 6) is -1.57. The van der Waals surface area contributed by atoms with Crippen molar-refractivity contribution in [3.05, 3.63) is 35.4 Å². The molecule has 0 aliphatic carbocycles. The Morgan fingerprint density at radius 2 is 2.00 bits per heavy atom. The van der Waals surface area contributed by atoms with Gasteiger partial charge in [0.05, 0.1) is 12.2 Å². The molecule has 2 heterocycles. The fourth-order valence-electron chi connectivity index (χ4n) is 3.59. The number of hydrogen-bond acceptors (Lipinski definition) is 3. The summed E-state index contributed by atoms with van der Waals surface area (Å²) in [5.41, 5.74) is 0.385. The highest BCUT2D eigenvalue weighted by molar-refractivity contribution is 5.18. The average Bonchev–Trinajstić information content (AvgIpc) is 2.85. The second-order valence-electron chi connectivity index (χ2n) is 7.06. The lowest BCUT2D eigenvalue weighted by Crippen LogP contribution is -2.60. The van der Waals surface area contributed by atoms with Gasteiger partial charge in [-0.25, -0.2) is 8.78 Å². The normalized spacial score (nSPS) is 28.4. The van der Waals surface area contributed by atoms with Crippen LogP contribution in [-0.2, 0) is 15.9 Å². The SMILES string of the molecule is CC1(C)CN(CCc2ccc(F)c(F)c2)C[C@@]2(CCOC2)O1. The molecule has 2 aliphatic rings. The zero-order chi connectivity index (χ0) is 15.8. The number of morpholine rings is 1. The van der Waals surface area contributed by atoms with Crippen molar-refractivity contribution in [2.45, 2.75) is 37.9 Å². The first-order valence-corrected chi connectivity index (χ1v) is 7.82. The van der Waals surface area contributed by atoms with Crippen molar-refractivity contribution < 1.29 is 18.3 Å². The fraction of sp³-hybridized carbons (Fsp3) is 0.647. The Bertz CT molecular complexity index is 541. The summed E-state index contributed by atoms with van der Waals surface area (Å²) in [5, 5.41) is 0. The van der Waals surface area contributed by atoms with Gasteiger partial charge >= 0.3 is 0 Å². The molecule has 0 bridgehead atoms. The van der Waals surface area contributed by atoms with E-state index in [0.717, 1.165) is 38.2 Å². The van der Waals surface area contributed by atoms with E-state index in [4.69, 9.17) is 9.47 Å². The lowest BCUT2D eigenvalue weighted by molar-refractivity contribution is -0.195. The molecule has 1 aromatic rings. The van der Waals surface area contributed by atoms with Crippen molar-refractivity contribution in [1.29, 1.82) is 0 Å². The summed E-state index contributed by atoms with van der Waals surface area (Å²) in [6.07, 6.45) is 1.61. The van der Waals surface area contributed by atoms with Crippen LogP contribution in [0, 0.1) is 11.6 Å². The van der Waals surface area contributed by atoms with E-state index in [2.05, 4.69) is 18.7 Å². The Labute approximate surface area is 130 Å². The second kappa shape index (κ2) is 5.87. The number of hydrogen-bond donors (Lipinski definition) is 0. The van der Waals surface area contributed by atoms with E-state index in [1.54, 1.807) is 6.07 Å². The zero-order valence-corrected chi connectivity index (χ0v) is 13.2. The van der Waals surface area contributed by atoms with Crippen LogP contribution in [0.5, 0.6) is 0 Å². The molecule has 1 aromatic carbocycles. The maximum atomic E-state index is 13.3. The van der Waals surface area contributed by atoms with Gasteiger partial charge in [0.2, 0.25) is 0 Å². The van der Waals surface area contributed by atoms with Crippen molar-refractivity contribution in [3.8, 4) is 0 Å². The molecule has 0 saturated carbocycles. The molecule has 0 amide bonds. The second-order valence-corrected chi connectivity index (χ2v) is 7.06. The molecule has 1 spiro atoms. The van der Waals surface area contributed by atoms with Crippen LogP contribution in [0.3, 0.4) is 0 Å². The first-order chi connectivity index (χ1) is 10.4. The van der Waals surface area contributed by atoms with Crippen LogP contribution in [0.15, 0.2) is 18.2 Å². The smallest absolute Gasteiger partial charge is 0.159 e. The van der Waals surface area contributed by atoms with Gasteiger partial charge < -0.3 is 9.47 Å². The highest BCUT2D eigenvalue weighted by atomic mass is 19.2. The summed E-state index contributed by atoms with van der Waals surface area (Å²) in [6, 6.07) is 4.13. The van der Waals surface area contributed by atoms with E-state index in [9.17, 15) is 8.78 Å². The minimum absolute atomic E-state index is 0.213. The maximum absolute atomic E-state index is 13.3. The van der Waals surface area contributed by atoms with E-state index in [1.165, 1.54) is 12.1 Å². The molecular weight excluding hydrogens is 288 g/mol. The number of ether oxygens (including phenoxy) is 2. The van der Waals surface area contributed by atoms with E-state index in [-0.39, 0.29) is 11.2 Å². The summed E-state index contributed by atoms with van der Waals surface area (Å²) in [4.78, 5) is 2.35. The predicted molar refractivity (Wildman–Crippen MR) is 79.8 cm³/mol. The standard InChI is InChI=1S/C17H23F2NO2/c1-16(2)10-20(11-17(22-16)6-8-21-12-17)7-5-13-3-4-14(18)15(19)9-13/h3-4,9H,5-8,10-12H2,1-2H3/t17-/m1/s1. The Hall–Kier alpha value is -1.04. The largest absolute Gasteiger partial charge is 0.378 e. The van der Waals surface area contributed by atoms with Crippen LogP contribution in [0.25, 0.3) is 0 Å². The van der Waals surface area contributed by atoms with Crippen LogP contribution < -0.4 is 0 Å². The van der Waals surface area contributed by atoms with Crippen LogP contribution in [0.2, 0.25) is 0 Å². The third-order valence-corrected chi connectivity index (χ3v) is 4.38. The van der Waals surface area contributed by atoms with Gasteiger partial charge in [-0.15, -0.1) is 0 Å². The van der Waals surface area contributed by atoms with Crippen LogP contribution in [0.4, 0.5) is 8.78 Å². The molecule has 3 rings (SSSR count). The van der Waals surface area contributed by atoms with Gasteiger partial charge in [0.15, 0.2) is 11.6 Å². The van der Waals surface area contributed by atoms with E-state index >= 15 is 0 Å². The molecule has 0 radical (unpaired) electrons. The first kappa shape index (κ1) is 15.8. The third-order valence-electron chi connectivity index (χ3n) is 4.38. The zero-order valence-electron chi connectivity index (χ0n) is 13.2. The minimum Gasteiger partial charge on any atom is -0.378 e. The lowest BCUT2D eigenvalue weighted by Gasteiger charge is -2.48. The van der Waals surface area contributed by atoms with Crippen molar-refractivity contribution >= 4 is 0 Å². The molecule has 22 heavy (non-hydrogen) atoms. The topological polar surface area (TPSA) is 21.7 Å². The quantitative estimate of drug-likeness (QED) is 0.857. The van der Waals surface area contributed by atoms with E-state index < -0.39 is 11.6 Å². The van der Waals surface area contributed by atoms with Gasteiger partial charge in [-0.05, 0) is 38.0 Å². The average molecular weight is 311 g/mol.